The Kier molecular flexibility index (Phi) is 7.08. The quantitative estimate of drug-likeness (QED) is 0.528. The second kappa shape index (κ2) is 9.73. The highest BCUT2D eigenvalue weighted by Gasteiger charge is 2.32. The number of carbonyl (C=O) groups excluding carboxylic acids is 1. The molecular weight excluding hydrogens is 376 g/mol. The van der Waals surface area contributed by atoms with E-state index in [1.807, 2.05) is 28.0 Å². The predicted molar refractivity (Wildman–Crippen MR) is 108 cm³/mol. The highest BCUT2D eigenvalue weighted by molar-refractivity contribution is 5.90. The van der Waals surface area contributed by atoms with Crippen molar-refractivity contribution in [1.29, 1.82) is 0 Å². The summed E-state index contributed by atoms with van der Waals surface area (Å²) in [6.45, 7) is 3.67. The molecule has 0 spiro atoms. The van der Waals surface area contributed by atoms with Gasteiger partial charge in [-0.1, -0.05) is 0 Å². The van der Waals surface area contributed by atoms with Crippen LogP contribution >= 0.6 is 0 Å². The van der Waals surface area contributed by atoms with E-state index in [1.54, 1.807) is 20.4 Å². The number of amides is 1. The van der Waals surface area contributed by atoms with E-state index in [0.29, 0.717) is 51.6 Å². The summed E-state index contributed by atoms with van der Waals surface area (Å²) in [6.07, 6.45) is 1.76. The molecular formula is C20H28N4O5. The van der Waals surface area contributed by atoms with Gasteiger partial charge in [0.15, 0.2) is 0 Å². The molecule has 0 bridgehead atoms. The van der Waals surface area contributed by atoms with E-state index in [4.69, 9.17) is 9.47 Å². The minimum Gasteiger partial charge on any atom is -0.497 e. The third kappa shape index (κ3) is 5.06. The maximum absolute atomic E-state index is 12.1. The van der Waals surface area contributed by atoms with E-state index < -0.39 is 12.0 Å². The summed E-state index contributed by atoms with van der Waals surface area (Å²) in [4.78, 5) is 31.2. The van der Waals surface area contributed by atoms with Crippen molar-refractivity contribution in [3.05, 3.63) is 30.0 Å². The molecule has 9 nitrogen and oxygen atoms in total. The Morgan fingerprint density at radius 2 is 2.00 bits per heavy atom. The lowest BCUT2D eigenvalue weighted by atomic mass is 10.0. The largest absolute Gasteiger partial charge is 0.497 e. The molecule has 3 rings (SSSR count). The predicted octanol–water partition coefficient (Wildman–Crippen LogP) is 0.682. The fourth-order valence-corrected chi connectivity index (χ4v) is 3.69. The number of piperazine rings is 1. The Morgan fingerprint density at radius 3 is 2.66 bits per heavy atom. The lowest BCUT2D eigenvalue weighted by Crippen LogP contribution is -2.51. The van der Waals surface area contributed by atoms with Crippen molar-refractivity contribution in [1.82, 2.24) is 20.1 Å². The minimum atomic E-state index is -0.889. The monoisotopic (exact) mass is 404 g/mol. The Morgan fingerprint density at radius 1 is 1.24 bits per heavy atom. The Bertz CT molecular complexity index is 845. The van der Waals surface area contributed by atoms with Crippen molar-refractivity contribution >= 4 is 22.8 Å². The number of hydrogen-bond donors (Lipinski definition) is 3. The number of hydrogen-bond acceptors (Lipinski definition) is 6. The number of aromatic nitrogens is 1. The Labute approximate surface area is 169 Å². The zero-order valence-electron chi connectivity index (χ0n) is 16.8. The molecule has 29 heavy (non-hydrogen) atoms. The number of H-pyrrole nitrogens is 1. The normalized spacial score (nSPS) is 16.6. The van der Waals surface area contributed by atoms with E-state index in [-0.39, 0.29) is 5.91 Å². The molecule has 1 saturated heterocycles. The number of carboxylic acids is 1. The number of nitrogens with one attached hydrogen (secondary N) is 2. The second-order valence-corrected chi connectivity index (χ2v) is 7.05. The smallest absolute Gasteiger partial charge is 0.325 e. The van der Waals surface area contributed by atoms with Crippen LogP contribution in [-0.2, 0) is 14.3 Å². The van der Waals surface area contributed by atoms with E-state index in [0.717, 1.165) is 16.5 Å². The van der Waals surface area contributed by atoms with Crippen LogP contribution in [0.1, 0.15) is 11.6 Å². The van der Waals surface area contributed by atoms with Gasteiger partial charge >= 0.3 is 5.97 Å². The first-order valence-corrected chi connectivity index (χ1v) is 9.63. The molecule has 0 unspecified atom stereocenters. The summed E-state index contributed by atoms with van der Waals surface area (Å²) >= 11 is 0. The molecule has 0 aliphatic carbocycles. The van der Waals surface area contributed by atoms with Crippen LogP contribution in [0.15, 0.2) is 24.4 Å². The topological polar surface area (TPSA) is 107 Å². The van der Waals surface area contributed by atoms with E-state index >= 15 is 0 Å². The average Bonchev–Trinajstić information content (AvgIpc) is 3.12. The molecule has 1 aliphatic heterocycles. The fourth-order valence-electron chi connectivity index (χ4n) is 3.69. The number of nitrogens with zero attached hydrogens (tertiary/aromatic N) is 2. The molecule has 2 aromatic rings. The number of carboxylic acid groups (broad SMARTS) is 1. The maximum atomic E-state index is 12.1. The molecule has 1 aromatic heterocycles. The third-order valence-electron chi connectivity index (χ3n) is 5.22. The first-order valence-electron chi connectivity index (χ1n) is 9.63. The fraction of sp³-hybridized carbons (Fsp3) is 0.500. The Balaban J connectivity index is 1.66. The van der Waals surface area contributed by atoms with Crippen LogP contribution in [0.3, 0.4) is 0 Å². The van der Waals surface area contributed by atoms with Crippen LogP contribution in [-0.4, -0.2) is 91.9 Å². The first kappa shape index (κ1) is 21.1. The van der Waals surface area contributed by atoms with Crippen LogP contribution in [0.5, 0.6) is 5.75 Å². The highest BCUT2D eigenvalue weighted by atomic mass is 16.5. The van der Waals surface area contributed by atoms with Gasteiger partial charge in [0.25, 0.3) is 0 Å². The molecule has 158 valence electrons. The molecule has 0 radical (unpaired) electrons. The van der Waals surface area contributed by atoms with Crippen molar-refractivity contribution in [3.8, 4) is 5.75 Å². The zero-order valence-corrected chi connectivity index (χ0v) is 16.8. The van der Waals surface area contributed by atoms with Crippen LogP contribution in [0.4, 0.5) is 0 Å². The van der Waals surface area contributed by atoms with Crippen molar-refractivity contribution in [3.63, 3.8) is 0 Å². The summed E-state index contributed by atoms with van der Waals surface area (Å²) in [7, 11) is 3.18. The SMILES string of the molecule is COCCNC(=O)CN1CCN([C@H](C(=O)O)c2c[nH]c3ccc(OC)cc23)CC1. The van der Waals surface area contributed by atoms with Crippen molar-refractivity contribution in [2.75, 3.05) is 60.1 Å². The molecule has 3 N–H and O–H groups in total. The molecule has 0 saturated carbocycles. The van der Waals surface area contributed by atoms with Crippen molar-refractivity contribution in [2.45, 2.75) is 6.04 Å². The van der Waals surface area contributed by atoms with Gasteiger partial charge in [-0.25, -0.2) is 0 Å². The van der Waals surface area contributed by atoms with Gasteiger partial charge < -0.3 is 24.9 Å². The molecule has 1 aliphatic rings. The summed E-state index contributed by atoms with van der Waals surface area (Å²) in [6, 6.07) is 4.83. The van der Waals surface area contributed by atoms with Crippen LogP contribution in [0.2, 0.25) is 0 Å². The third-order valence-corrected chi connectivity index (χ3v) is 5.22. The number of aromatic amines is 1. The van der Waals surface area contributed by atoms with E-state index in [9.17, 15) is 14.7 Å². The van der Waals surface area contributed by atoms with Gasteiger partial charge in [-0.3, -0.25) is 19.4 Å². The maximum Gasteiger partial charge on any atom is 0.325 e. The van der Waals surface area contributed by atoms with Gasteiger partial charge in [-0.2, -0.15) is 0 Å². The molecule has 1 amide bonds. The lowest BCUT2D eigenvalue weighted by Gasteiger charge is -2.37. The number of rotatable bonds is 9. The van der Waals surface area contributed by atoms with Crippen molar-refractivity contribution < 1.29 is 24.2 Å². The van der Waals surface area contributed by atoms with Gasteiger partial charge in [0.1, 0.15) is 11.8 Å². The zero-order chi connectivity index (χ0) is 20.8. The Hall–Kier alpha value is -2.62. The molecule has 2 heterocycles. The number of carbonyl (C=O) groups is 2. The standard InChI is InChI=1S/C20H28N4O5/c1-28-10-5-21-18(25)13-23-6-8-24(9-7-23)19(20(26)27)16-12-22-17-4-3-14(29-2)11-15(16)17/h3-4,11-12,19,22H,5-10,13H2,1-2H3,(H,21,25)(H,26,27)/t19-/m0/s1. The number of aliphatic carboxylic acids is 1. The van der Waals surface area contributed by atoms with Gasteiger partial charge in [0.05, 0.1) is 20.3 Å². The molecule has 9 heteroatoms. The van der Waals surface area contributed by atoms with E-state index in [1.165, 1.54) is 0 Å². The van der Waals surface area contributed by atoms with E-state index in [2.05, 4.69) is 10.3 Å². The lowest BCUT2D eigenvalue weighted by molar-refractivity contribution is -0.144. The summed E-state index contributed by atoms with van der Waals surface area (Å²) < 4.78 is 10.2. The van der Waals surface area contributed by atoms with Crippen molar-refractivity contribution in [2.24, 2.45) is 0 Å². The summed E-state index contributed by atoms with van der Waals surface area (Å²) in [5, 5.41) is 13.6. The number of ether oxygens (including phenoxy) is 2. The second-order valence-electron chi connectivity index (χ2n) is 7.05. The summed E-state index contributed by atoms with van der Waals surface area (Å²) in [5.41, 5.74) is 1.59. The van der Waals surface area contributed by atoms with Gasteiger partial charge in [-0.15, -0.1) is 0 Å². The number of methoxy groups -OCH3 is 2. The van der Waals surface area contributed by atoms with Crippen LogP contribution in [0, 0.1) is 0 Å². The number of fused-ring (bicyclic) bond motifs is 1. The van der Waals surface area contributed by atoms with Crippen LogP contribution < -0.4 is 10.1 Å². The number of benzene rings is 1. The highest BCUT2D eigenvalue weighted by Crippen LogP contribution is 2.31. The van der Waals surface area contributed by atoms with Gasteiger partial charge in [0.2, 0.25) is 5.91 Å². The molecule has 1 atom stereocenters. The molecule has 1 aromatic carbocycles. The van der Waals surface area contributed by atoms with Crippen LogP contribution in [0.25, 0.3) is 10.9 Å². The van der Waals surface area contributed by atoms with Gasteiger partial charge in [-0.05, 0) is 18.2 Å². The average molecular weight is 404 g/mol. The minimum absolute atomic E-state index is 0.0472. The molecule has 1 fully saturated rings. The van der Waals surface area contributed by atoms with Gasteiger partial charge in [0, 0.05) is 62.5 Å². The first-order chi connectivity index (χ1) is 14.0. The summed E-state index contributed by atoms with van der Waals surface area (Å²) in [5.74, 6) is -0.250.